The molecule has 0 saturated carbocycles. The maximum Gasteiger partial charge on any atom is 0.224 e. The van der Waals surface area contributed by atoms with Crippen LogP contribution in [0.15, 0.2) is 42.5 Å². The number of carbonyl (C=O) groups is 1. The van der Waals surface area contributed by atoms with Gasteiger partial charge < -0.3 is 19.9 Å². The molecular formula is C22H29N3O2. The number of ether oxygens (including phenoxy) is 1. The Balaban J connectivity index is 1.48. The van der Waals surface area contributed by atoms with Crippen LogP contribution in [0.2, 0.25) is 0 Å². The van der Waals surface area contributed by atoms with Crippen molar-refractivity contribution in [3.05, 3.63) is 53.6 Å². The van der Waals surface area contributed by atoms with E-state index in [2.05, 4.69) is 42.3 Å². The number of anilines is 2. The molecule has 27 heavy (non-hydrogen) atoms. The molecule has 0 atom stereocenters. The first-order chi connectivity index (χ1) is 13.1. The van der Waals surface area contributed by atoms with Gasteiger partial charge in [-0.2, -0.15) is 0 Å². The number of rotatable bonds is 6. The summed E-state index contributed by atoms with van der Waals surface area (Å²) in [6.07, 6.45) is 0.516. The van der Waals surface area contributed by atoms with Crippen LogP contribution in [0.25, 0.3) is 0 Å². The third kappa shape index (κ3) is 4.54. The Morgan fingerprint density at radius 1 is 1.04 bits per heavy atom. The van der Waals surface area contributed by atoms with E-state index in [-0.39, 0.29) is 5.91 Å². The SMILES string of the molecule is COc1ccccc1N1CCN(C(=O)CCNc2cccc(C)c2C)CC1. The van der Waals surface area contributed by atoms with Crippen LogP contribution >= 0.6 is 0 Å². The van der Waals surface area contributed by atoms with Crippen molar-refractivity contribution in [1.29, 1.82) is 0 Å². The summed E-state index contributed by atoms with van der Waals surface area (Å²) in [7, 11) is 1.70. The van der Waals surface area contributed by atoms with E-state index in [1.165, 1.54) is 11.1 Å². The summed E-state index contributed by atoms with van der Waals surface area (Å²) in [6, 6.07) is 14.3. The van der Waals surface area contributed by atoms with Crippen LogP contribution in [-0.4, -0.2) is 50.6 Å². The van der Waals surface area contributed by atoms with Crippen molar-refractivity contribution >= 4 is 17.3 Å². The number of hydrogen-bond acceptors (Lipinski definition) is 4. The minimum Gasteiger partial charge on any atom is -0.495 e. The molecular weight excluding hydrogens is 338 g/mol. The number of benzene rings is 2. The minimum absolute atomic E-state index is 0.215. The summed E-state index contributed by atoms with van der Waals surface area (Å²) in [4.78, 5) is 16.8. The Morgan fingerprint density at radius 3 is 2.52 bits per heavy atom. The highest BCUT2D eigenvalue weighted by Gasteiger charge is 2.22. The molecule has 1 N–H and O–H groups in total. The van der Waals surface area contributed by atoms with Gasteiger partial charge in [0.1, 0.15) is 5.75 Å². The monoisotopic (exact) mass is 367 g/mol. The van der Waals surface area contributed by atoms with E-state index in [1.807, 2.05) is 29.2 Å². The molecule has 1 amide bonds. The number of nitrogens with zero attached hydrogens (tertiary/aromatic N) is 2. The van der Waals surface area contributed by atoms with Crippen molar-refractivity contribution in [3.8, 4) is 5.75 Å². The molecule has 0 radical (unpaired) electrons. The number of aryl methyl sites for hydroxylation is 1. The number of methoxy groups -OCH3 is 1. The first kappa shape index (κ1) is 19.1. The van der Waals surface area contributed by atoms with Crippen LogP contribution in [0, 0.1) is 13.8 Å². The Hall–Kier alpha value is -2.69. The second-order valence-corrected chi connectivity index (χ2v) is 6.96. The largest absolute Gasteiger partial charge is 0.495 e. The van der Waals surface area contributed by atoms with E-state index in [4.69, 9.17) is 4.74 Å². The molecule has 5 heteroatoms. The zero-order valence-corrected chi connectivity index (χ0v) is 16.5. The van der Waals surface area contributed by atoms with Crippen LogP contribution in [0.3, 0.4) is 0 Å². The Kier molecular flexibility index (Phi) is 6.22. The van der Waals surface area contributed by atoms with E-state index in [0.29, 0.717) is 13.0 Å². The van der Waals surface area contributed by atoms with Crippen LogP contribution < -0.4 is 15.0 Å². The van der Waals surface area contributed by atoms with Crippen molar-refractivity contribution in [2.45, 2.75) is 20.3 Å². The van der Waals surface area contributed by atoms with Gasteiger partial charge in [0.15, 0.2) is 0 Å². The van der Waals surface area contributed by atoms with Gasteiger partial charge in [-0.15, -0.1) is 0 Å². The van der Waals surface area contributed by atoms with Crippen molar-refractivity contribution < 1.29 is 9.53 Å². The Bertz CT molecular complexity index is 783. The normalized spacial score (nSPS) is 14.2. The second-order valence-electron chi connectivity index (χ2n) is 6.96. The van der Waals surface area contributed by atoms with Gasteiger partial charge in [-0.1, -0.05) is 24.3 Å². The van der Waals surface area contributed by atoms with Gasteiger partial charge in [0.25, 0.3) is 0 Å². The zero-order valence-electron chi connectivity index (χ0n) is 16.5. The smallest absolute Gasteiger partial charge is 0.224 e. The van der Waals surface area contributed by atoms with Gasteiger partial charge in [0.05, 0.1) is 12.8 Å². The molecule has 144 valence electrons. The van der Waals surface area contributed by atoms with Gasteiger partial charge in [0.2, 0.25) is 5.91 Å². The van der Waals surface area contributed by atoms with Crippen molar-refractivity contribution in [3.63, 3.8) is 0 Å². The Morgan fingerprint density at radius 2 is 1.78 bits per heavy atom. The average Bonchev–Trinajstić information content (AvgIpc) is 2.71. The molecule has 0 aliphatic carbocycles. The van der Waals surface area contributed by atoms with Crippen LogP contribution in [0.1, 0.15) is 17.5 Å². The lowest BCUT2D eigenvalue weighted by molar-refractivity contribution is -0.131. The highest BCUT2D eigenvalue weighted by molar-refractivity contribution is 5.77. The first-order valence-corrected chi connectivity index (χ1v) is 9.56. The maximum absolute atomic E-state index is 12.5. The highest BCUT2D eigenvalue weighted by Crippen LogP contribution is 2.28. The molecule has 1 saturated heterocycles. The highest BCUT2D eigenvalue weighted by atomic mass is 16.5. The van der Waals surface area contributed by atoms with Gasteiger partial charge in [-0.05, 0) is 43.2 Å². The van der Waals surface area contributed by atoms with E-state index in [0.717, 1.165) is 43.3 Å². The molecule has 5 nitrogen and oxygen atoms in total. The molecule has 2 aromatic carbocycles. The van der Waals surface area contributed by atoms with Gasteiger partial charge in [0, 0.05) is 44.8 Å². The van der Waals surface area contributed by atoms with Crippen molar-refractivity contribution in [2.24, 2.45) is 0 Å². The number of nitrogens with one attached hydrogen (secondary N) is 1. The van der Waals surface area contributed by atoms with E-state index >= 15 is 0 Å². The first-order valence-electron chi connectivity index (χ1n) is 9.56. The summed E-state index contributed by atoms with van der Waals surface area (Å²) >= 11 is 0. The van der Waals surface area contributed by atoms with E-state index < -0.39 is 0 Å². The lowest BCUT2D eigenvalue weighted by atomic mass is 10.1. The number of piperazine rings is 1. The molecule has 0 unspecified atom stereocenters. The number of carbonyl (C=O) groups excluding carboxylic acids is 1. The van der Waals surface area contributed by atoms with E-state index in [1.54, 1.807) is 7.11 Å². The third-order valence-corrected chi connectivity index (χ3v) is 5.32. The molecule has 1 fully saturated rings. The lowest BCUT2D eigenvalue weighted by Gasteiger charge is -2.36. The summed E-state index contributed by atoms with van der Waals surface area (Å²) < 4.78 is 5.46. The molecule has 3 rings (SSSR count). The van der Waals surface area contributed by atoms with E-state index in [9.17, 15) is 4.79 Å². The number of amides is 1. The molecule has 1 aliphatic rings. The number of hydrogen-bond donors (Lipinski definition) is 1. The van der Waals surface area contributed by atoms with Gasteiger partial charge in [-0.25, -0.2) is 0 Å². The fourth-order valence-corrected chi connectivity index (χ4v) is 3.49. The zero-order chi connectivity index (χ0) is 19.2. The predicted molar refractivity (Wildman–Crippen MR) is 111 cm³/mol. The lowest BCUT2D eigenvalue weighted by Crippen LogP contribution is -2.49. The number of para-hydroxylation sites is 2. The van der Waals surface area contributed by atoms with Gasteiger partial charge >= 0.3 is 0 Å². The maximum atomic E-state index is 12.5. The molecule has 2 aromatic rings. The fraction of sp³-hybridized carbons (Fsp3) is 0.409. The third-order valence-electron chi connectivity index (χ3n) is 5.32. The summed E-state index contributed by atoms with van der Waals surface area (Å²) in [5, 5.41) is 3.40. The molecule has 0 spiro atoms. The minimum atomic E-state index is 0.215. The summed E-state index contributed by atoms with van der Waals surface area (Å²) in [5.41, 5.74) is 4.72. The Labute approximate surface area is 161 Å². The van der Waals surface area contributed by atoms with Crippen LogP contribution in [-0.2, 0) is 4.79 Å². The quantitative estimate of drug-likeness (QED) is 0.849. The van der Waals surface area contributed by atoms with Crippen LogP contribution in [0.5, 0.6) is 5.75 Å². The topological polar surface area (TPSA) is 44.8 Å². The summed E-state index contributed by atoms with van der Waals surface area (Å²) in [6.45, 7) is 8.03. The van der Waals surface area contributed by atoms with Crippen molar-refractivity contribution in [1.82, 2.24) is 4.90 Å². The summed E-state index contributed by atoms with van der Waals surface area (Å²) in [5.74, 6) is 1.10. The second kappa shape index (κ2) is 8.80. The predicted octanol–water partition coefficient (Wildman–Crippen LogP) is 3.46. The molecule has 0 bridgehead atoms. The molecule has 1 heterocycles. The molecule has 0 aromatic heterocycles. The molecule has 1 aliphatic heterocycles. The van der Waals surface area contributed by atoms with Crippen molar-refractivity contribution in [2.75, 3.05) is 50.1 Å². The average molecular weight is 367 g/mol. The standard InChI is InChI=1S/C22H29N3O2/c1-17-7-6-8-19(18(17)2)23-12-11-22(26)25-15-13-24(14-16-25)20-9-4-5-10-21(20)27-3/h4-10,23H,11-16H2,1-3H3. The van der Waals surface area contributed by atoms with Gasteiger partial charge in [-0.3, -0.25) is 4.79 Å². The fourth-order valence-electron chi connectivity index (χ4n) is 3.49. The van der Waals surface area contributed by atoms with Crippen LogP contribution in [0.4, 0.5) is 11.4 Å².